The molecule has 0 aliphatic carbocycles. The third kappa shape index (κ3) is 3.81. The Labute approximate surface area is 144 Å². The predicted molar refractivity (Wildman–Crippen MR) is 98.1 cm³/mol. The Balaban J connectivity index is 1.72. The van der Waals surface area contributed by atoms with Crippen molar-refractivity contribution >= 4 is 40.3 Å². The zero-order valence-electron chi connectivity index (χ0n) is 12.3. The molecule has 1 heterocycles. The second-order valence-corrected chi connectivity index (χ2v) is 6.84. The molecule has 3 rings (SSSR count). The Bertz CT molecular complexity index is 772. The summed E-state index contributed by atoms with van der Waals surface area (Å²) < 4.78 is 0.581. The molecule has 1 aliphatic rings. The van der Waals surface area contributed by atoms with Crippen molar-refractivity contribution in [1.82, 2.24) is 4.90 Å². The van der Waals surface area contributed by atoms with E-state index < -0.39 is 0 Å². The van der Waals surface area contributed by atoms with Gasteiger partial charge in [-0.1, -0.05) is 66.4 Å². The lowest BCUT2D eigenvalue weighted by molar-refractivity contribution is -0.122. The average molecular weight is 341 g/mol. The summed E-state index contributed by atoms with van der Waals surface area (Å²) in [7, 11) is 0. The minimum absolute atomic E-state index is 0.0701. The van der Waals surface area contributed by atoms with Crippen molar-refractivity contribution in [3.8, 4) is 5.75 Å². The van der Waals surface area contributed by atoms with Crippen LogP contribution in [0.1, 0.15) is 11.1 Å². The zero-order valence-corrected chi connectivity index (χ0v) is 13.9. The van der Waals surface area contributed by atoms with E-state index in [1.165, 1.54) is 17.3 Å². The number of phenols is 1. The molecule has 1 N–H and O–H groups in total. The van der Waals surface area contributed by atoms with Crippen LogP contribution < -0.4 is 0 Å². The van der Waals surface area contributed by atoms with Crippen LogP contribution in [0, 0.1) is 0 Å². The first-order valence-electron chi connectivity index (χ1n) is 7.22. The number of nitrogens with zero attached hydrogens (tertiary/aromatic N) is 1. The Morgan fingerprint density at radius 2 is 1.91 bits per heavy atom. The van der Waals surface area contributed by atoms with Crippen LogP contribution in [0.15, 0.2) is 59.5 Å². The second-order valence-electron chi connectivity index (χ2n) is 5.16. The molecule has 5 heteroatoms. The normalized spacial score (nSPS) is 16.3. The first-order chi connectivity index (χ1) is 11.1. The van der Waals surface area contributed by atoms with Gasteiger partial charge in [0, 0.05) is 6.54 Å². The van der Waals surface area contributed by atoms with Crippen LogP contribution in [0.4, 0.5) is 0 Å². The molecule has 1 saturated heterocycles. The molecule has 0 saturated carbocycles. The maximum Gasteiger partial charge on any atom is 0.266 e. The topological polar surface area (TPSA) is 40.5 Å². The SMILES string of the molecule is O=C1C(=Cc2cccc(O)c2)SC(=S)N1CCc1ccccc1. The van der Waals surface area contributed by atoms with Gasteiger partial charge in [0.05, 0.1) is 4.91 Å². The third-order valence-electron chi connectivity index (χ3n) is 3.51. The minimum atomic E-state index is -0.0701. The monoisotopic (exact) mass is 341 g/mol. The number of hydrogen-bond donors (Lipinski definition) is 1. The number of thiocarbonyl (C=S) groups is 1. The summed E-state index contributed by atoms with van der Waals surface area (Å²) in [6.07, 6.45) is 2.54. The standard InChI is InChI=1S/C18H15NO2S2/c20-15-8-4-7-14(11-15)12-16-17(21)19(18(22)23-16)10-9-13-5-2-1-3-6-13/h1-8,11-12,20H,9-10H2. The highest BCUT2D eigenvalue weighted by Crippen LogP contribution is 2.33. The summed E-state index contributed by atoms with van der Waals surface area (Å²) in [5.74, 6) is 0.109. The van der Waals surface area contributed by atoms with Crippen molar-refractivity contribution in [2.24, 2.45) is 0 Å². The number of thioether (sulfide) groups is 1. The number of rotatable bonds is 4. The first kappa shape index (κ1) is 15.8. The van der Waals surface area contributed by atoms with Gasteiger partial charge >= 0.3 is 0 Å². The van der Waals surface area contributed by atoms with Gasteiger partial charge in [-0.3, -0.25) is 9.69 Å². The Kier molecular flexibility index (Phi) is 4.79. The van der Waals surface area contributed by atoms with E-state index in [0.717, 1.165) is 12.0 Å². The van der Waals surface area contributed by atoms with Crippen LogP contribution in [-0.4, -0.2) is 26.8 Å². The number of hydrogen-bond acceptors (Lipinski definition) is 4. The third-order valence-corrected chi connectivity index (χ3v) is 4.89. The van der Waals surface area contributed by atoms with Gasteiger partial charge in [0.15, 0.2) is 0 Å². The smallest absolute Gasteiger partial charge is 0.266 e. The van der Waals surface area contributed by atoms with Crippen LogP contribution >= 0.6 is 24.0 Å². The molecule has 0 spiro atoms. The molecule has 1 aliphatic heterocycles. The molecule has 0 atom stereocenters. The van der Waals surface area contributed by atoms with Crippen LogP contribution in [0.3, 0.4) is 0 Å². The van der Waals surface area contributed by atoms with Crippen LogP contribution in [-0.2, 0) is 11.2 Å². The summed E-state index contributed by atoms with van der Waals surface area (Å²) in [4.78, 5) is 14.7. The second kappa shape index (κ2) is 6.98. The summed E-state index contributed by atoms with van der Waals surface area (Å²) >= 11 is 6.63. The largest absolute Gasteiger partial charge is 0.508 e. The van der Waals surface area contributed by atoms with E-state index in [2.05, 4.69) is 0 Å². The molecule has 116 valence electrons. The van der Waals surface area contributed by atoms with Crippen LogP contribution in [0.2, 0.25) is 0 Å². The average Bonchev–Trinajstić information content (AvgIpc) is 2.80. The summed E-state index contributed by atoms with van der Waals surface area (Å²) in [5.41, 5.74) is 1.96. The molecule has 23 heavy (non-hydrogen) atoms. The molecular weight excluding hydrogens is 326 g/mol. The molecule has 0 unspecified atom stereocenters. The highest BCUT2D eigenvalue weighted by molar-refractivity contribution is 8.26. The molecule has 0 bridgehead atoms. The maximum atomic E-state index is 12.5. The predicted octanol–water partition coefficient (Wildman–Crippen LogP) is 3.84. The summed E-state index contributed by atoms with van der Waals surface area (Å²) in [6.45, 7) is 0.575. The minimum Gasteiger partial charge on any atom is -0.508 e. The van der Waals surface area contributed by atoms with Gasteiger partial charge in [0.1, 0.15) is 10.1 Å². The highest BCUT2D eigenvalue weighted by Gasteiger charge is 2.31. The molecule has 2 aromatic carbocycles. The molecule has 1 amide bonds. The fourth-order valence-electron chi connectivity index (χ4n) is 2.34. The highest BCUT2D eigenvalue weighted by atomic mass is 32.2. The molecule has 1 fully saturated rings. The van der Waals surface area contributed by atoms with E-state index in [9.17, 15) is 9.90 Å². The van der Waals surface area contributed by atoms with Crippen molar-refractivity contribution in [2.75, 3.05) is 6.54 Å². The van der Waals surface area contributed by atoms with E-state index in [1.54, 1.807) is 29.2 Å². The number of carbonyl (C=O) groups is 1. The van der Waals surface area contributed by atoms with Gasteiger partial charge in [0.2, 0.25) is 0 Å². The molecule has 0 radical (unpaired) electrons. The quantitative estimate of drug-likeness (QED) is 0.678. The van der Waals surface area contributed by atoms with Crippen molar-refractivity contribution in [3.63, 3.8) is 0 Å². The van der Waals surface area contributed by atoms with Gasteiger partial charge in [-0.2, -0.15) is 0 Å². The van der Waals surface area contributed by atoms with E-state index in [1.807, 2.05) is 36.4 Å². The lowest BCUT2D eigenvalue weighted by Crippen LogP contribution is -2.30. The van der Waals surface area contributed by atoms with Gasteiger partial charge in [0.25, 0.3) is 5.91 Å². The maximum absolute atomic E-state index is 12.5. The molecule has 0 aromatic heterocycles. The van der Waals surface area contributed by atoms with Gasteiger partial charge < -0.3 is 5.11 Å². The fraction of sp³-hybridized carbons (Fsp3) is 0.111. The lowest BCUT2D eigenvalue weighted by Gasteiger charge is -2.14. The molecule has 2 aromatic rings. The number of phenolic OH excluding ortho intramolecular Hbond substituents is 1. The number of benzene rings is 2. The molecule has 3 nitrogen and oxygen atoms in total. The lowest BCUT2D eigenvalue weighted by atomic mass is 10.1. The van der Waals surface area contributed by atoms with Crippen molar-refractivity contribution in [1.29, 1.82) is 0 Å². The number of aromatic hydroxyl groups is 1. The van der Waals surface area contributed by atoms with Crippen LogP contribution in [0.5, 0.6) is 5.75 Å². The summed E-state index contributed by atoms with van der Waals surface area (Å²) in [5, 5.41) is 9.51. The van der Waals surface area contributed by atoms with E-state index in [4.69, 9.17) is 12.2 Å². The van der Waals surface area contributed by atoms with Gasteiger partial charge in [-0.05, 0) is 35.8 Å². The van der Waals surface area contributed by atoms with E-state index in [0.29, 0.717) is 15.8 Å². The fourth-order valence-corrected chi connectivity index (χ4v) is 3.65. The Morgan fingerprint density at radius 1 is 1.13 bits per heavy atom. The number of carbonyl (C=O) groups excluding carboxylic acids is 1. The summed E-state index contributed by atoms with van der Waals surface area (Å²) in [6, 6.07) is 16.8. The van der Waals surface area contributed by atoms with E-state index in [-0.39, 0.29) is 11.7 Å². The van der Waals surface area contributed by atoms with E-state index >= 15 is 0 Å². The Morgan fingerprint density at radius 3 is 2.65 bits per heavy atom. The van der Waals surface area contributed by atoms with Crippen molar-refractivity contribution in [3.05, 3.63) is 70.6 Å². The van der Waals surface area contributed by atoms with Crippen molar-refractivity contribution < 1.29 is 9.90 Å². The Hall–Kier alpha value is -2.11. The van der Waals surface area contributed by atoms with Crippen LogP contribution in [0.25, 0.3) is 6.08 Å². The van der Waals surface area contributed by atoms with Gasteiger partial charge in [-0.25, -0.2) is 0 Å². The first-order valence-corrected chi connectivity index (χ1v) is 8.44. The molecular formula is C18H15NO2S2. The zero-order chi connectivity index (χ0) is 16.2. The van der Waals surface area contributed by atoms with Gasteiger partial charge in [-0.15, -0.1) is 0 Å². The van der Waals surface area contributed by atoms with Crippen molar-refractivity contribution in [2.45, 2.75) is 6.42 Å². The number of amides is 1.